The highest BCUT2D eigenvalue weighted by Crippen LogP contribution is 2.37. The van der Waals surface area contributed by atoms with Gasteiger partial charge in [-0.2, -0.15) is 0 Å². The largest absolute Gasteiger partial charge is 0.489 e. The van der Waals surface area contributed by atoms with Gasteiger partial charge in [0.15, 0.2) is 5.75 Å². The fraction of sp³-hybridized carbons (Fsp3) is 0.364. The van der Waals surface area contributed by atoms with Gasteiger partial charge < -0.3 is 4.74 Å². The molecule has 1 amide bonds. The van der Waals surface area contributed by atoms with Gasteiger partial charge in [-0.05, 0) is 13.8 Å². The molecule has 9 heteroatoms. The zero-order chi connectivity index (χ0) is 15.5. The van der Waals surface area contributed by atoms with Crippen molar-refractivity contribution in [3.63, 3.8) is 0 Å². The number of nitrogens with two attached hydrogens (primary N) is 1. The number of halogens is 2. The predicted molar refractivity (Wildman–Crippen MR) is 74.7 cm³/mol. The van der Waals surface area contributed by atoms with Crippen LogP contribution in [0.5, 0.6) is 5.75 Å². The number of nitro groups is 1. The normalized spacial score (nSPS) is 11.1. The van der Waals surface area contributed by atoms with E-state index in [1.54, 1.807) is 13.8 Å². The monoisotopic (exact) mass is 321 g/mol. The third-order valence-electron chi connectivity index (χ3n) is 2.52. The van der Waals surface area contributed by atoms with Crippen molar-refractivity contribution in [2.75, 3.05) is 6.61 Å². The van der Waals surface area contributed by atoms with Gasteiger partial charge >= 0.3 is 0 Å². The van der Waals surface area contributed by atoms with Crippen LogP contribution in [0.2, 0.25) is 10.0 Å². The summed E-state index contributed by atoms with van der Waals surface area (Å²) in [4.78, 5) is 21.5. The Morgan fingerprint density at radius 1 is 1.45 bits per heavy atom. The Hall–Kier alpha value is -1.57. The molecule has 0 saturated carbocycles. The van der Waals surface area contributed by atoms with E-state index < -0.39 is 16.2 Å². The molecule has 0 aliphatic carbocycles. The summed E-state index contributed by atoms with van der Waals surface area (Å²) in [5.74, 6) is 4.71. The summed E-state index contributed by atoms with van der Waals surface area (Å²) >= 11 is 11.8. The van der Waals surface area contributed by atoms with Crippen LogP contribution in [0.4, 0.5) is 5.69 Å². The molecule has 0 aliphatic heterocycles. The van der Waals surface area contributed by atoms with Crippen LogP contribution in [-0.4, -0.2) is 17.4 Å². The summed E-state index contributed by atoms with van der Waals surface area (Å²) in [5.41, 5.74) is 0.863. The van der Waals surface area contributed by atoms with Crippen LogP contribution in [0.15, 0.2) is 12.1 Å². The molecular formula is C11H13Cl2N3O4. The molecule has 3 N–H and O–H groups in total. The van der Waals surface area contributed by atoms with Crippen LogP contribution < -0.4 is 16.0 Å². The lowest BCUT2D eigenvalue weighted by Crippen LogP contribution is -2.44. The minimum Gasteiger partial charge on any atom is -0.489 e. The number of ether oxygens (including phenoxy) is 1. The maximum Gasteiger partial charge on any atom is 0.272 e. The fourth-order valence-electron chi connectivity index (χ4n) is 1.30. The average molecular weight is 322 g/mol. The maximum atomic E-state index is 11.5. The van der Waals surface area contributed by atoms with Gasteiger partial charge in [0, 0.05) is 12.1 Å². The first kappa shape index (κ1) is 16.5. The van der Waals surface area contributed by atoms with Crippen molar-refractivity contribution in [1.29, 1.82) is 0 Å². The number of hydrogen-bond donors (Lipinski definition) is 2. The number of carbonyl (C=O) groups is 1. The SMILES string of the molecule is CC(C)(COc1c(Cl)cc([N+](=O)[O-])cc1Cl)C(=O)NN. The molecule has 1 aromatic carbocycles. The molecule has 1 aromatic rings. The molecule has 0 heterocycles. The van der Waals surface area contributed by atoms with Crippen molar-refractivity contribution in [2.45, 2.75) is 13.8 Å². The van der Waals surface area contributed by atoms with Crippen LogP contribution in [0, 0.1) is 15.5 Å². The molecule has 0 unspecified atom stereocenters. The van der Waals surface area contributed by atoms with Gasteiger partial charge in [0.2, 0.25) is 5.91 Å². The first-order valence-electron chi connectivity index (χ1n) is 5.46. The molecule has 0 aromatic heterocycles. The molecule has 0 aliphatic rings. The maximum absolute atomic E-state index is 11.5. The predicted octanol–water partition coefficient (Wildman–Crippen LogP) is 2.30. The summed E-state index contributed by atoms with van der Waals surface area (Å²) in [7, 11) is 0. The average Bonchev–Trinajstić information content (AvgIpc) is 2.36. The summed E-state index contributed by atoms with van der Waals surface area (Å²) < 4.78 is 5.39. The van der Waals surface area contributed by atoms with Crippen molar-refractivity contribution in [3.8, 4) is 5.75 Å². The molecule has 0 atom stereocenters. The summed E-state index contributed by atoms with van der Waals surface area (Å²) in [6.45, 7) is 3.18. The van der Waals surface area contributed by atoms with Crippen LogP contribution in [-0.2, 0) is 4.79 Å². The highest BCUT2D eigenvalue weighted by atomic mass is 35.5. The third kappa shape index (κ3) is 3.72. The lowest BCUT2D eigenvalue weighted by atomic mass is 9.94. The minimum atomic E-state index is -0.914. The first-order chi connectivity index (χ1) is 9.19. The summed E-state index contributed by atoms with van der Waals surface area (Å²) in [5, 5.41) is 10.6. The van der Waals surface area contributed by atoms with Crippen molar-refractivity contribution in [2.24, 2.45) is 11.3 Å². The van der Waals surface area contributed by atoms with Crippen molar-refractivity contribution in [1.82, 2.24) is 5.43 Å². The van der Waals surface area contributed by atoms with Gasteiger partial charge in [-0.15, -0.1) is 0 Å². The van der Waals surface area contributed by atoms with Crippen LogP contribution >= 0.6 is 23.2 Å². The number of hydrogen-bond acceptors (Lipinski definition) is 5. The second kappa shape index (κ2) is 6.25. The number of benzene rings is 1. The Balaban J connectivity index is 2.94. The summed E-state index contributed by atoms with van der Waals surface area (Å²) in [6.07, 6.45) is 0. The zero-order valence-electron chi connectivity index (χ0n) is 10.8. The standard InChI is InChI=1S/C11H13Cl2N3O4/c1-11(2,10(17)15-14)5-20-9-7(12)3-6(16(18)19)4-8(9)13/h3-4H,5,14H2,1-2H3,(H,15,17). The van der Waals surface area contributed by atoms with Gasteiger partial charge in [-0.3, -0.25) is 20.3 Å². The molecule has 0 radical (unpaired) electrons. The molecule has 1 rings (SSSR count). The third-order valence-corrected chi connectivity index (χ3v) is 3.08. The number of hydrazine groups is 1. The van der Waals surface area contributed by atoms with Crippen molar-refractivity contribution < 1.29 is 14.5 Å². The number of non-ortho nitro benzene ring substituents is 1. The van der Waals surface area contributed by atoms with E-state index in [4.69, 9.17) is 33.8 Å². The topological polar surface area (TPSA) is 107 Å². The molecule has 110 valence electrons. The molecule has 0 saturated heterocycles. The lowest BCUT2D eigenvalue weighted by molar-refractivity contribution is -0.384. The smallest absolute Gasteiger partial charge is 0.272 e. The number of nitro benzene ring substituents is 1. The number of amides is 1. The quantitative estimate of drug-likeness (QED) is 0.374. The molecule has 0 bridgehead atoms. The highest BCUT2D eigenvalue weighted by molar-refractivity contribution is 6.37. The van der Waals surface area contributed by atoms with Gasteiger partial charge in [0.25, 0.3) is 5.69 Å². The Morgan fingerprint density at radius 2 is 1.95 bits per heavy atom. The van der Waals surface area contributed by atoms with Gasteiger partial charge in [0.1, 0.15) is 6.61 Å². The number of nitrogens with zero attached hydrogens (tertiary/aromatic N) is 1. The minimum absolute atomic E-state index is 0.00634. The van der Waals surface area contributed by atoms with Crippen molar-refractivity contribution in [3.05, 3.63) is 32.3 Å². The Labute approximate surface area is 125 Å². The number of nitrogens with one attached hydrogen (secondary N) is 1. The second-order valence-electron chi connectivity index (χ2n) is 4.64. The van der Waals surface area contributed by atoms with Gasteiger partial charge in [-0.25, -0.2) is 5.84 Å². The van der Waals surface area contributed by atoms with Crippen LogP contribution in [0.25, 0.3) is 0 Å². The first-order valence-corrected chi connectivity index (χ1v) is 6.22. The van der Waals surface area contributed by atoms with Crippen LogP contribution in [0.1, 0.15) is 13.8 Å². The van der Waals surface area contributed by atoms with Gasteiger partial charge in [-0.1, -0.05) is 23.2 Å². The highest BCUT2D eigenvalue weighted by Gasteiger charge is 2.29. The lowest BCUT2D eigenvalue weighted by Gasteiger charge is -2.23. The van der Waals surface area contributed by atoms with E-state index in [1.807, 2.05) is 5.43 Å². The summed E-state index contributed by atoms with van der Waals surface area (Å²) in [6, 6.07) is 2.25. The van der Waals surface area contributed by atoms with E-state index in [2.05, 4.69) is 0 Å². The van der Waals surface area contributed by atoms with Crippen LogP contribution in [0.3, 0.4) is 0 Å². The molecule has 7 nitrogen and oxygen atoms in total. The van der Waals surface area contributed by atoms with Crippen molar-refractivity contribution >= 4 is 34.8 Å². The van der Waals surface area contributed by atoms with E-state index in [-0.39, 0.29) is 28.1 Å². The zero-order valence-corrected chi connectivity index (χ0v) is 12.3. The molecule has 0 fully saturated rings. The Morgan fingerprint density at radius 3 is 2.35 bits per heavy atom. The van der Waals surface area contributed by atoms with E-state index in [9.17, 15) is 14.9 Å². The Bertz CT molecular complexity index is 525. The van der Waals surface area contributed by atoms with E-state index >= 15 is 0 Å². The van der Waals surface area contributed by atoms with Gasteiger partial charge in [0.05, 0.1) is 20.4 Å². The van der Waals surface area contributed by atoms with E-state index in [0.717, 1.165) is 12.1 Å². The number of rotatable bonds is 5. The fourth-order valence-corrected chi connectivity index (χ4v) is 1.89. The molecular weight excluding hydrogens is 309 g/mol. The van der Waals surface area contributed by atoms with E-state index in [1.165, 1.54) is 0 Å². The molecule has 20 heavy (non-hydrogen) atoms. The number of carbonyl (C=O) groups excluding carboxylic acids is 1. The Kier molecular flexibility index (Phi) is 5.15. The van der Waals surface area contributed by atoms with E-state index in [0.29, 0.717) is 0 Å². The second-order valence-corrected chi connectivity index (χ2v) is 5.46. The molecule has 0 spiro atoms.